The number of carbonyl (C=O) groups is 1. The van der Waals surface area contributed by atoms with Gasteiger partial charge >= 0.3 is 0 Å². The van der Waals surface area contributed by atoms with Gasteiger partial charge in [-0.2, -0.15) is 0 Å². The Balaban J connectivity index is 1.79. The number of carbonyl (C=O) groups excluding carboxylic acids is 1. The van der Waals surface area contributed by atoms with Crippen molar-refractivity contribution in [1.29, 1.82) is 0 Å². The molecule has 0 bridgehead atoms. The maximum absolute atomic E-state index is 12.7. The third kappa shape index (κ3) is 6.79. The SMILES string of the molecule is COCCN=C1NC(CC(=O)/C=C/c2ccc(O)c(OC)c2)=CC(c2ccc(O)c(OC)c2)S1. The molecule has 1 atom stereocenters. The zero-order valence-electron chi connectivity index (χ0n) is 19.3. The van der Waals surface area contributed by atoms with Gasteiger partial charge in [0, 0.05) is 12.8 Å². The summed E-state index contributed by atoms with van der Waals surface area (Å²) in [4.78, 5) is 17.2. The molecule has 0 aromatic heterocycles. The van der Waals surface area contributed by atoms with Crippen LogP contribution in [-0.2, 0) is 9.53 Å². The molecule has 0 aliphatic carbocycles. The van der Waals surface area contributed by atoms with Crippen LogP contribution in [0.15, 0.2) is 59.2 Å². The van der Waals surface area contributed by atoms with E-state index in [-0.39, 0.29) is 29.0 Å². The van der Waals surface area contributed by atoms with Crippen molar-refractivity contribution >= 4 is 28.8 Å². The monoisotopic (exact) mass is 484 g/mol. The largest absolute Gasteiger partial charge is 0.504 e. The van der Waals surface area contributed by atoms with Gasteiger partial charge in [-0.05, 0) is 47.5 Å². The Labute approximate surface area is 203 Å². The fourth-order valence-electron chi connectivity index (χ4n) is 3.23. The van der Waals surface area contributed by atoms with E-state index in [0.717, 1.165) is 16.8 Å². The number of thioether (sulfide) groups is 1. The van der Waals surface area contributed by atoms with Crippen molar-refractivity contribution in [2.75, 3.05) is 34.5 Å². The second-order valence-electron chi connectivity index (χ2n) is 7.37. The molecule has 0 saturated heterocycles. The summed E-state index contributed by atoms with van der Waals surface area (Å²) in [6.07, 6.45) is 5.30. The highest BCUT2D eigenvalue weighted by Gasteiger charge is 2.22. The molecular formula is C25H28N2O6S. The van der Waals surface area contributed by atoms with E-state index in [4.69, 9.17) is 14.2 Å². The summed E-state index contributed by atoms with van der Waals surface area (Å²) in [6.45, 7) is 0.974. The van der Waals surface area contributed by atoms with E-state index in [1.807, 2.05) is 12.1 Å². The minimum atomic E-state index is -0.120. The molecule has 0 spiro atoms. The normalized spacial score (nSPS) is 16.9. The van der Waals surface area contributed by atoms with Crippen molar-refractivity contribution in [3.63, 3.8) is 0 Å². The molecule has 0 fully saturated rings. The number of methoxy groups -OCH3 is 3. The number of aliphatic imine (C=N–C) groups is 1. The first-order chi connectivity index (χ1) is 16.4. The number of aromatic hydroxyl groups is 2. The van der Waals surface area contributed by atoms with Gasteiger partial charge in [0.2, 0.25) is 0 Å². The van der Waals surface area contributed by atoms with Crippen molar-refractivity contribution in [2.24, 2.45) is 4.99 Å². The van der Waals surface area contributed by atoms with E-state index in [1.54, 1.807) is 37.5 Å². The van der Waals surface area contributed by atoms with E-state index in [1.165, 1.54) is 38.1 Å². The van der Waals surface area contributed by atoms with Crippen LogP contribution in [0.1, 0.15) is 22.8 Å². The number of rotatable bonds is 10. The predicted octanol–water partition coefficient (Wildman–Crippen LogP) is 4.05. The van der Waals surface area contributed by atoms with E-state index >= 15 is 0 Å². The third-order valence-electron chi connectivity index (χ3n) is 4.97. The average molecular weight is 485 g/mol. The average Bonchev–Trinajstić information content (AvgIpc) is 2.84. The van der Waals surface area contributed by atoms with Crippen LogP contribution < -0.4 is 14.8 Å². The molecular weight excluding hydrogens is 456 g/mol. The Morgan fingerprint density at radius 2 is 1.79 bits per heavy atom. The standard InChI is InChI=1S/C25H28N2O6S/c1-31-11-10-26-25-27-18(15-24(34-25)17-6-9-21(30)23(13-17)33-3)14-19(28)7-4-16-5-8-20(29)22(12-16)32-2/h4-9,12-13,15,24,29-30H,10-11,14H2,1-3H3,(H,26,27)/b7-4+. The Morgan fingerprint density at radius 3 is 2.50 bits per heavy atom. The number of hydrogen-bond donors (Lipinski definition) is 3. The molecule has 0 saturated carbocycles. The maximum atomic E-state index is 12.7. The number of benzene rings is 2. The van der Waals surface area contributed by atoms with Gasteiger partial charge in [0.05, 0.1) is 39.0 Å². The van der Waals surface area contributed by atoms with Crippen LogP contribution in [0, 0.1) is 0 Å². The maximum Gasteiger partial charge on any atom is 0.161 e. The molecule has 9 heteroatoms. The smallest absolute Gasteiger partial charge is 0.161 e. The Hall–Kier alpha value is -3.43. The molecule has 1 heterocycles. The van der Waals surface area contributed by atoms with Gasteiger partial charge < -0.3 is 29.7 Å². The first kappa shape index (κ1) is 25.2. The number of allylic oxidation sites excluding steroid dienone is 2. The lowest BCUT2D eigenvalue weighted by Gasteiger charge is -2.24. The van der Waals surface area contributed by atoms with Crippen molar-refractivity contribution in [3.8, 4) is 23.0 Å². The minimum Gasteiger partial charge on any atom is -0.504 e. The first-order valence-electron chi connectivity index (χ1n) is 10.6. The first-order valence-corrected chi connectivity index (χ1v) is 11.4. The Morgan fingerprint density at radius 1 is 1.09 bits per heavy atom. The van der Waals surface area contributed by atoms with Crippen LogP contribution in [0.3, 0.4) is 0 Å². The molecule has 1 aliphatic rings. The molecule has 2 aromatic rings. The molecule has 0 amide bonds. The fraction of sp³-hybridized carbons (Fsp3) is 0.280. The molecule has 3 N–H and O–H groups in total. The van der Waals surface area contributed by atoms with Crippen LogP contribution in [-0.4, -0.2) is 55.6 Å². The molecule has 2 aromatic carbocycles. The van der Waals surface area contributed by atoms with Gasteiger partial charge in [-0.25, -0.2) is 0 Å². The van der Waals surface area contributed by atoms with Gasteiger partial charge in [0.25, 0.3) is 0 Å². The van der Waals surface area contributed by atoms with E-state index < -0.39 is 0 Å². The summed E-state index contributed by atoms with van der Waals surface area (Å²) in [7, 11) is 4.59. The third-order valence-corrected chi connectivity index (χ3v) is 6.09. The molecule has 180 valence electrons. The van der Waals surface area contributed by atoms with Crippen LogP contribution in [0.25, 0.3) is 6.08 Å². The van der Waals surface area contributed by atoms with Crippen LogP contribution in [0.5, 0.6) is 23.0 Å². The highest BCUT2D eigenvalue weighted by Crippen LogP contribution is 2.39. The number of phenols is 2. The number of nitrogens with zero attached hydrogens (tertiary/aromatic N) is 1. The van der Waals surface area contributed by atoms with Crippen LogP contribution in [0.2, 0.25) is 0 Å². The Bertz CT molecular complexity index is 1110. The Kier molecular flexibility index (Phi) is 9.00. The lowest BCUT2D eigenvalue weighted by atomic mass is 10.1. The van der Waals surface area contributed by atoms with E-state index in [9.17, 15) is 15.0 Å². The lowest BCUT2D eigenvalue weighted by molar-refractivity contribution is -0.114. The van der Waals surface area contributed by atoms with E-state index in [2.05, 4.69) is 10.3 Å². The molecule has 1 unspecified atom stereocenters. The van der Waals surface area contributed by atoms with Gasteiger partial charge in [0.1, 0.15) is 0 Å². The van der Waals surface area contributed by atoms with Gasteiger partial charge in [-0.15, -0.1) is 0 Å². The minimum absolute atomic E-state index is 0.0391. The molecule has 8 nitrogen and oxygen atoms in total. The highest BCUT2D eigenvalue weighted by molar-refractivity contribution is 8.14. The summed E-state index contributed by atoms with van der Waals surface area (Å²) >= 11 is 1.51. The molecule has 34 heavy (non-hydrogen) atoms. The molecule has 0 radical (unpaired) electrons. The number of nitrogens with one attached hydrogen (secondary N) is 1. The van der Waals surface area contributed by atoms with Gasteiger partial charge in [-0.1, -0.05) is 30.0 Å². The summed E-state index contributed by atoms with van der Waals surface area (Å²) in [5, 5.41) is 23.5. The summed E-state index contributed by atoms with van der Waals surface area (Å²) in [5.41, 5.74) is 2.38. The molecule has 1 aliphatic heterocycles. The van der Waals surface area contributed by atoms with Crippen LogP contribution >= 0.6 is 11.8 Å². The quantitative estimate of drug-likeness (QED) is 0.342. The topological polar surface area (TPSA) is 110 Å². The van der Waals surface area contributed by atoms with Crippen molar-refractivity contribution in [3.05, 3.63) is 65.4 Å². The van der Waals surface area contributed by atoms with Crippen molar-refractivity contribution < 1.29 is 29.2 Å². The zero-order chi connectivity index (χ0) is 24.5. The number of amidine groups is 1. The van der Waals surface area contributed by atoms with Gasteiger partial charge in [0.15, 0.2) is 33.9 Å². The number of phenolic OH excluding ortho intramolecular Hbond substituents is 2. The zero-order valence-corrected chi connectivity index (χ0v) is 20.1. The summed E-state index contributed by atoms with van der Waals surface area (Å²) in [6, 6.07) is 10.1. The van der Waals surface area contributed by atoms with Crippen molar-refractivity contribution in [2.45, 2.75) is 11.7 Å². The molecule has 3 rings (SSSR count). The fourth-order valence-corrected chi connectivity index (χ4v) is 4.34. The van der Waals surface area contributed by atoms with Crippen molar-refractivity contribution in [1.82, 2.24) is 5.32 Å². The summed E-state index contributed by atoms with van der Waals surface area (Å²) < 4.78 is 15.4. The number of hydrogen-bond acceptors (Lipinski definition) is 8. The van der Waals surface area contributed by atoms with Crippen LogP contribution in [0.4, 0.5) is 0 Å². The van der Waals surface area contributed by atoms with E-state index in [0.29, 0.717) is 29.8 Å². The predicted molar refractivity (Wildman–Crippen MR) is 134 cm³/mol. The summed E-state index contributed by atoms with van der Waals surface area (Å²) in [5.74, 6) is 0.725. The number of ketones is 1. The lowest BCUT2D eigenvalue weighted by Crippen LogP contribution is -2.27. The van der Waals surface area contributed by atoms with Gasteiger partial charge in [-0.3, -0.25) is 9.79 Å². The second kappa shape index (κ2) is 12.2. The second-order valence-corrected chi connectivity index (χ2v) is 8.50. The number of ether oxygens (including phenoxy) is 3. The highest BCUT2D eigenvalue weighted by atomic mass is 32.2.